The maximum atomic E-state index is 6.55. The molecule has 0 aliphatic heterocycles. The van der Waals surface area contributed by atoms with Gasteiger partial charge in [0.25, 0.3) is 0 Å². The molecule has 57 heavy (non-hydrogen) atoms. The molecule has 0 spiro atoms. The van der Waals surface area contributed by atoms with Gasteiger partial charge in [-0.1, -0.05) is 133 Å². The molecule has 0 amide bonds. The van der Waals surface area contributed by atoms with Crippen molar-refractivity contribution in [1.29, 1.82) is 0 Å². The van der Waals surface area contributed by atoms with E-state index in [0.29, 0.717) is 5.82 Å². The highest BCUT2D eigenvalue weighted by atomic mass is 16.3. The zero-order valence-corrected chi connectivity index (χ0v) is 30.7. The Labute approximate surface area is 327 Å². The van der Waals surface area contributed by atoms with Crippen molar-refractivity contribution in [1.82, 2.24) is 19.1 Å². The van der Waals surface area contributed by atoms with Crippen LogP contribution in [0.15, 0.2) is 199 Å². The zero-order valence-electron chi connectivity index (χ0n) is 30.7. The van der Waals surface area contributed by atoms with Gasteiger partial charge in [-0.15, -0.1) is 0 Å². The molecule has 12 aromatic rings. The Kier molecular flexibility index (Phi) is 6.86. The van der Waals surface area contributed by atoms with Crippen LogP contribution in [-0.4, -0.2) is 19.1 Å². The predicted molar refractivity (Wildman–Crippen MR) is 234 cm³/mol. The highest BCUT2D eigenvalue weighted by Gasteiger charge is 2.23. The van der Waals surface area contributed by atoms with Crippen LogP contribution in [-0.2, 0) is 0 Å². The number of furan rings is 1. The summed E-state index contributed by atoms with van der Waals surface area (Å²) in [6, 6.07) is 68.3. The van der Waals surface area contributed by atoms with E-state index < -0.39 is 0 Å². The minimum Gasteiger partial charge on any atom is -0.456 e. The van der Waals surface area contributed by atoms with E-state index in [-0.39, 0.29) is 0 Å². The third-order valence-corrected chi connectivity index (χ3v) is 11.3. The largest absolute Gasteiger partial charge is 0.456 e. The Morgan fingerprint density at radius 2 is 0.982 bits per heavy atom. The van der Waals surface area contributed by atoms with Gasteiger partial charge in [0, 0.05) is 60.4 Å². The second kappa shape index (κ2) is 12.4. The van der Waals surface area contributed by atoms with Gasteiger partial charge in [-0.2, -0.15) is 0 Å². The lowest BCUT2D eigenvalue weighted by Gasteiger charge is -2.12. The number of hydrogen-bond acceptors (Lipinski definition) is 3. The molecular formula is C52H32N4O. The first kappa shape index (κ1) is 31.6. The van der Waals surface area contributed by atoms with E-state index >= 15 is 0 Å². The molecule has 8 aromatic carbocycles. The van der Waals surface area contributed by atoms with Gasteiger partial charge in [-0.3, -0.25) is 0 Å². The van der Waals surface area contributed by atoms with Crippen LogP contribution < -0.4 is 0 Å². The van der Waals surface area contributed by atoms with Gasteiger partial charge in [0.15, 0.2) is 5.82 Å². The number of nitrogens with zero attached hydrogens (tertiary/aromatic N) is 4. The molecule has 0 saturated heterocycles. The average molecular weight is 729 g/mol. The van der Waals surface area contributed by atoms with E-state index in [1.54, 1.807) is 0 Å². The molecule has 0 fully saturated rings. The van der Waals surface area contributed by atoms with Gasteiger partial charge in [0.2, 0.25) is 0 Å². The first-order valence-corrected chi connectivity index (χ1v) is 19.2. The predicted octanol–water partition coefficient (Wildman–Crippen LogP) is 13.6. The van der Waals surface area contributed by atoms with Gasteiger partial charge >= 0.3 is 0 Å². The maximum absolute atomic E-state index is 6.55. The number of aromatic nitrogens is 4. The minimum absolute atomic E-state index is 0.674. The van der Waals surface area contributed by atoms with E-state index in [1.807, 2.05) is 24.3 Å². The van der Waals surface area contributed by atoms with Crippen LogP contribution in [0.5, 0.6) is 0 Å². The molecule has 0 radical (unpaired) electrons. The fourth-order valence-electron chi connectivity index (χ4n) is 8.77. The lowest BCUT2D eigenvalue weighted by molar-refractivity contribution is 0.669. The molecule has 0 unspecified atom stereocenters. The lowest BCUT2D eigenvalue weighted by Crippen LogP contribution is -1.98. The van der Waals surface area contributed by atoms with Crippen molar-refractivity contribution in [3.8, 4) is 45.3 Å². The van der Waals surface area contributed by atoms with E-state index in [2.05, 4.69) is 179 Å². The van der Waals surface area contributed by atoms with Crippen molar-refractivity contribution in [3.05, 3.63) is 194 Å². The molecule has 0 aliphatic carbocycles. The first-order valence-electron chi connectivity index (χ1n) is 19.2. The van der Waals surface area contributed by atoms with Crippen LogP contribution in [0.4, 0.5) is 0 Å². The number of para-hydroxylation sites is 3. The van der Waals surface area contributed by atoms with E-state index in [4.69, 9.17) is 14.4 Å². The average Bonchev–Trinajstić information content (AvgIpc) is 3.93. The van der Waals surface area contributed by atoms with Crippen LogP contribution in [0.25, 0.3) is 111 Å². The van der Waals surface area contributed by atoms with Crippen LogP contribution >= 0.6 is 0 Å². The Morgan fingerprint density at radius 3 is 1.74 bits per heavy atom. The van der Waals surface area contributed by atoms with Gasteiger partial charge in [0.1, 0.15) is 11.2 Å². The zero-order chi connectivity index (χ0) is 37.5. The molecule has 266 valence electrons. The smallest absolute Gasteiger partial charge is 0.160 e. The summed E-state index contributed by atoms with van der Waals surface area (Å²) in [6.45, 7) is 0. The minimum atomic E-state index is 0.674. The topological polar surface area (TPSA) is 48.8 Å². The van der Waals surface area contributed by atoms with Crippen molar-refractivity contribution in [3.63, 3.8) is 0 Å². The van der Waals surface area contributed by atoms with Crippen molar-refractivity contribution < 1.29 is 4.42 Å². The Morgan fingerprint density at radius 1 is 0.351 bits per heavy atom. The van der Waals surface area contributed by atoms with Gasteiger partial charge in [-0.25, -0.2) is 9.97 Å². The summed E-state index contributed by atoms with van der Waals surface area (Å²) in [4.78, 5) is 10.4. The summed E-state index contributed by atoms with van der Waals surface area (Å²) < 4.78 is 11.4. The van der Waals surface area contributed by atoms with Crippen LogP contribution in [0.3, 0.4) is 0 Å². The second-order valence-corrected chi connectivity index (χ2v) is 14.6. The third-order valence-electron chi connectivity index (χ3n) is 11.3. The standard InChI is InChI=1S/C52H32N4O/c1-4-15-33(16-5-1)43-32-44(34-17-6-2-7-18-34)54-52(53-43)35-19-14-22-37(29-35)55-46-28-27-40-38-23-10-12-25-45(38)56(36-20-8-3-9-21-36)51(40)50(46)42-31-49-41(30-47(42)55)39-24-11-13-26-48(39)57-49/h1-32H. The molecule has 5 heteroatoms. The fraction of sp³-hybridized carbons (Fsp3) is 0. The van der Waals surface area contributed by atoms with E-state index in [9.17, 15) is 0 Å². The van der Waals surface area contributed by atoms with Gasteiger partial charge in [0.05, 0.1) is 33.5 Å². The normalized spacial score (nSPS) is 11.9. The monoisotopic (exact) mass is 728 g/mol. The molecule has 5 nitrogen and oxygen atoms in total. The van der Waals surface area contributed by atoms with Crippen LogP contribution in [0.2, 0.25) is 0 Å². The number of benzene rings is 8. The summed E-state index contributed by atoms with van der Waals surface area (Å²) in [5.41, 5.74) is 13.2. The van der Waals surface area contributed by atoms with Crippen molar-refractivity contribution in [2.45, 2.75) is 0 Å². The highest BCUT2D eigenvalue weighted by Crippen LogP contribution is 2.44. The second-order valence-electron chi connectivity index (χ2n) is 14.6. The van der Waals surface area contributed by atoms with Crippen LogP contribution in [0.1, 0.15) is 0 Å². The number of fused-ring (bicyclic) bond motifs is 10. The number of rotatable bonds is 5. The Hall–Kier alpha value is -7.76. The van der Waals surface area contributed by atoms with Crippen molar-refractivity contribution in [2.75, 3.05) is 0 Å². The third kappa shape index (κ3) is 4.89. The summed E-state index contributed by atoms with van der Waals surface area (Å²) in [5, 5.41) is 6.91. The molecule has 0 aliphatic rings. The quantitative estimate of drug-likeness (QED) is 0.177. The summed E-state index contributed by atoms with van der Waals surface area (Å²) >= 11 is 0. The summed E-state index contributed by atoms with van der Waals surface area (Å²) in [7, 11) is 0. The molecule has 4 aromatic heterocycles. The molecular weight excluding hydrogens is 697 g/mol. The summed E-state index contributed by atoms with van der Waals surface area (Å²) in [5.74, 6) is 0.674. The molecule has 0 N–H and O–H groups in total. The van der Waals surface area contributed by atoms with E-state index in [1.165, 1.54) is 27.2 Å². The lowest BCUT2D eigenvalue weighted by atomic mass is 10.1. The number of hydrogen-bond donors (Lipinski definition) is 0. The van der Waals surface area contributed by atoms with Gasteiger partial charge in [-0.05, 0) is 60.7 Å². The highest BCUT2D eigenvalue weighted by molar-refractivity contribution is 6.28. The maximum Gasteiger partial charge on any atom is 0.160 e. The molecule has 0 atom stereocenters. The molecule has 12 rings (SSSR count). The van der Waals surface area contributed by atoms with Gasteiger partial charge < -0.3 is 13.6 Å². The van der Waals surface area contributed by atoms with E-state index in [0.717, 1.165) is 77.8 Å². The summed E-state index contributed by atoms with van der Waals surface area (Å²) in [6.07, 6.45) is 0. The van der Waals surface area contributed by atoms with Crippen molar-refractivity contribution >= 4 is 65.6 Å². The molecule has 4 heterocycles. The Balaban J connectivity index is 1.17. The fourth-order valence-corrected chi connectivity index (χ4v) is 8.77. The SMILES string of the molecule is c1ccc(-c2cc(-c3ccccc3)nc(-c3cccc(-n4c5cc6c(cc5c5c4ccc4c7ccccc7n(-c7ccccc7)c45)oc4ccccc46)c3)n2)cc1. The van der Waals surface area contributed by atoms with Crippen LogP contribution in [0, 0.1) is 0 Å². The first-order chi connectivity index (χ1) is 28.3. The molecule has 0 bridgehead atoms. The Bertz CT molecular complexity index is 3450. The van der Waals surface area contributed by atoms with Crippen molar-refractivity contribution in [2.24, 2.45) is 0 Å². The molecule has 0 saturated carbocycles.